The molecule has 3 rings (SSSR count). The maximum atomic E-state index is 12.7. The number of aliphatic hydroxyl groups excluding tert-OH is 1. The van der Waals surface area contributed by atoms with E-state index in [0.29, 0.717) is 17.7 Å². The van der Waals surface area contributed by atoms with E-state index in [1.54, 1.807) is 23.9 Å². The standard InChI is InChI=1S/C18H20N2O3/c1-12(22)14-9-16(20(2)10-14)17(23)19-18(11-21)8-7-13-5-3-4-6-15(13)18/h3-6,9-10,21H,7-8,11H2,1-2H3,(H,19,23)/t18-/m0/s1. The van der Waals surface area contributed by atoms with Crippen molar-refractivity contribution in [2.24, 2.45) is 7.05 Å². The van der Waals surface area contributed by atoms with E-state index in [9.17, 15) is 14.7 Å². The summed E-state index contributed by atoms with van der Waals surface area (Å²) in [7, 11) is 1.73. The zero-order valence-electron chi connectivity index (χ0n) is 13.3. The summed E-state index contributed by atoms with van der Waals surface area (Å²) in [5.74, 6) is -0.367. The maximum absolute atomic E-state index is 12.7. The van der Waals surface area contributed by atoms with Gasteiger partial charge in [0.1, 0.15) is 5.69 Å². The van der Waals surface area contributed by atoms with Crippen LogP contribution in [0.5, 0.6) is 0 Å². The average Bonchev–Trinajstić information content (AvgIpc) is 3.10. The Balaban J connectivity index is 1.92. The van der Waals surface area contributed by atoms with Gasteiger partial charge < -0.3 is 15.0 Å². The number of carbonyl (C=O) groups excluding carboxylic acids is 2. The summed E-state index contributed by atoms with van der Waals surface area (Å²) in [5.41, 5.74) is 2.28. The van der Waals surface area contributed by atoms with Crippen LogP contribution in [0.15, 0.2) is 36.5 Å². The van der Waals surface area contributed by atoms with Crippen molar-refractivity contribution in [1.29, 1.82) is 0 Å². The van der Waals surface area contributed by atoms with E-state index in [1.165, 1.54) is 6.92 Å². The quantitative estimate of drug-likeness (QED) is 0.846. The molecular weight excluding hydrogens is 292 g/mol. The topological polar surface area (TPSA) is 71.3 Å². The number of amides is 1. The molecule has 23 heavy (non-hydrogen) atoms. The molecule has 1 aromatic heterocycles. The number of benzene rings is 1. The first kappa shape index (κ1) is 15.5. The van der Waals surface area contributed by atoms with Crippen LogP contribution in [-0.4, -0.2) is 28.0 Å². The number of aromatic nitrogens is 1. The molecule has 1 aliphatic carbocycles. The van der Waals surface area contributed by atoms with E-state index in [0.717, 1.165) is 17.5 Å². The Morgan fingerprint density at radius 3 is 2.74 bits per heavy atom. The van der Waals surface area contributed by atoms with Gasteiger partial charge in [0.2, 0.25) is 0 Å². The SMILES string of the molecule is CC(=O)c1cc(C(=O)N[C@]2(CO)CCc3ccccc32)n(C)c1. The van der Waals surface area contributed by atoms with Gasteiger partial charge in [-0.05, 0) is 37.0 Å². The average molecular weight is 312 g/mol. The number of hydrogen-bond acceptors (Lipinski definition) is 3. The van der Waals surface area contributed by atoms with Gasteiger partial charge in [-0.2, -0.15) is 0 Å². The fraction of sp³-hybridized carbons (Fsp3) is 0.333. The fourth-order valence-electron chi connectivity index (χ4n) is 3.29. The maximum Gasteiger partial charge on any atom is 0.268 e. The fourth-order valence-corrected chi connectivity index (χ4v) is 3.29. The molecule has 0 saturated heterocycles. The first-order chi connectivity index (χ1) is 11.0. The number of aliphatic hydroxyl groups is 1. The van der Waals surface area contributed by atoms with Crippen molar-refractivity contribution < 1.29 is 14.7 Å². The predicted octanol–water partition coefficient (Wildman–Crippen LogP) is 1.79. The molecule has 5 heteroatoms. The van der Waals surface area contributed by atoms with Gasteiger partial charge in [-0.15, -0.1) is 0 Å². The molecule has 1 aliphatic rings. The van der Waals surface area contributed by atoms with Crippen LogP contribution in [0.2, 0.25) is 0 Å². The number of aryl methyl sites for hydroxylation is 2. The van der Waals surface area contributed by atoms with Crippen LogP contribution in [0.4, 0.5) is 0 Å². The molecule has 1 heterocycles. The number of Topliss-reactive ketones (excluding diaryl/α,β-unsaturated/α-hetero) is 1. The summed E-state index contributed by atoms with van der Waals surface area (Å²) in [5, 5.41) is 12.9. The molecule has 0 spiro atoms. The normalized spacial score (nSPS) is 19.4. The summed E-state index contributed by atoms with van der Waals surface area (Å²) in [6.45, 7) is 1.32. The molecule has 5 nitrogen and oxygen atoms in total. The van der Waals surface area contributed by atoms with E-state index in [-0.39, 0.29) is 18.3 Å². The lowest BCUT2D eigenvalue weighted by molar-refractivity contribution is 0.0820. The number of nitrogens with one attached hydrogen (secondary N) is 1. The second-order valence-corrected chi connectivity index (χ2v) is 6.13. The first-order valence-electron chi connectivity index (χ1n) is 7.66. The lowest BCUT2D eigenvalue weighted by Gasteiger charge is -2.29. The van der Waals surface area contributed by atoms with Crippen molar-refractivity contribution in [2.75, 3.05) is 6.61 Å². The van der Waals surface area contributed by atoms with Crippen LogP contribution in [-0.2, 0) is 19.0 Å². The van der Waals surface area contributed by atoms with Gasteiger partial charge in [0.25, 0.3) is 5.91 Å². The summed E-state index contributed by atoms with van der Waals surface area (Å²) < 4.78 is 1.64. The smallest absolute Gasteiger partial charge is 0.268 e. The van der Waals surface area contributed by atoms with Gasteiger partial charge in [0, 0.05) is 18.8 Å². The van der Waals surface area contributed by atoms with Crippen molar-refractivity contribution in [2.45, 2.75) is 25.3 Å². The van der Waals surface area contributed by atoms with Crippen molar-refractivity contribution in [1.82, 2.24) is 9.88 Å². The molecule has 0 radical (unpaired) electrons. The highest BCUT2D eigenvalue weighted by Crippen LogP contribution is 2.36. The van der Waals surface area contributed by atoms with Crippen molar-refractivity contribution >= 4 is 11.7 Å². The molecule has 120 valence electrons. The highest BCUT2D eigenvalue weighted by atomic mass is 16.3. The van der Waals surface area contributed by atoms with E-state index >= 15 is 0 Å². The van der Waals surface area contributed by atoms with Crippen LogP contribution in [0.3, 0.4) is 0 Å². The number of fused-ring (bicyclic) bond motifs is 1. The Bertz CT molecular complexity index is 778. The molecule has 2 N–H and O–H groups in total. The molecule has 0 bridgehead atoms. The predicted molar refractivity (Wildman–Crippen MR) is 86.4 cm³/mol. The van der Waals surface area contributed by atoms with E-state index < -0.39 is 5.54 Å². The molecule has 0 fully saturated rings. The molecule has 0 aliphatic heterocycles. The van der Waals surface area contributed by atoms with Gasteiger partial charge in [0.15, 0.2) is 5.78 Å². The van der Waals surface area contributed by atoms with Crippen molar-refractivity contribution in [3.8, 4) is 0 Å². The Hall–Kier alpha value is -2.40. The Kier molecular flexibility index (Phi) is 3.82. The highest BCUT2D eigenvalue weighted by molar-refractivity contribution is 5.99. The van der Waals surface area contributed by atoms with Gasteiger partial charge in [-0.3, -0.25) is 9.59 Å². The lowest BCUT2D eigenvalue weighted by atomic mass is 9.92. The number of ketones is 1. The summed E-state index contributed by atoms with van der Waals surface area (Å²) >= 11 is 0. The monoisotopic (exact) mass is 312 g/mol. The van der Waals surface area contributed by atoms with Gasteiger partial charge in [-0.1, -0.05) is 24.3 Å². The Morgan fingerprint density at radius 2 is 2.09 bits per heavy atom. The molecule has 2 aromatic rings. The molecule has 0 saturated carbocycles. The highest BCUT2D eigenvalue weighted by Gasteiger charge is 2.39. The van der Waals surface area contributed by atoms with Gasteiger partial charge >= 0.3 is 0 Å². The second-order valence-electron chi connectivity index (χ2n) is 6.13. The molecule has 1 atom stereocenters. The molecule has 1 aromatic carbocycles. The van der Waals surface area contributed by atoms with Crippen molar-refractivity contribution in [3.05, 3.63) is 58.9 Å². The Morgan fingerprint density at radius 1 is 1.35 bits per heavy atom. The number of nitrogens with zero attached hydrogens (tertiary/aromatic N) is 1. The largest absolute Gasteiger partial charge is 0.394 e. The number of carbonyl (C=O) groups is 2. The molecule has 0 unspecified atom stereocenters. The lowest BCUT2D eigenvalue weighted by Crippen LogP contribution is -2.47. The third kappa shape index (κ3) is 2.57. The third-order valence-electron chi connectivity index (χ3n) is 4.62. The minimum absolute atomic E-state index is 0.0808. The van der Waals surface area contributed by atoms with Crippen LogP contribution in [0, 0.1) is 0 Å². The van der Waals surface area contributed by atoms with Crippen molar-refractivity contribution in [3.63, 3.8) is 0 Å². The zero-order chi connectivity index (χ0) is 16.6. The van der Waals surface area contributed by atoms with Crippen LogP contribution in [0.25, 0.3) is 0 Å². The summed E-state index contributed by atoms with van der Waals surface area (Å²) in [6, 6.07) is 9.44. The van der Waals surface area contributed by atoms with E-state index in [1.807, 2.05) is 24.3 Å². The van der Waals surface area contributed by atoms with Crippen LogP contribution in [0.1, 0.15) is 45.3 Å². The summed E-state index contributed by atoms with van der Waals surface area (Å²) in [6.07, 6.45) is 3.13. The minimum atomic E-state index is -0.756. The van der Waals surface area contributed by atoms with Crippen LogP contribution >= 0.6 is 0 Å². The van der Waals surface area contributed by atoms with Crippen LogP contribution < -0.4 is 5.32 Å². The van der Waals surface area contributed by atoms with E-state index in [2.05, 4.69) is 5.32 Å². The zero-order valence-corrected chi connectivity index (χ0v) is 13.3. The molecular formula is C18H20N2O3. The van der Waals surface area contributed by atoms with Gasteiger partial charge in [-0.25, -0.2) is 0 Å². The Labute approximate surface area is 134 Å². The minimum Gasteiger partial charge on any atom is -0.394 e. The third-order valence-corrected chi connectivity index (χ3v) is 4.62. The second kappa shape index (κ2) is 5.66. The number of rotatable bonds is 4. The van der Waals surface area contributed by atoms with E-state index in [4.69, 9.17) is 0 Å². The summed E-state index contributed by atoms with van der Waals surface area (Å²) in [4.78, 5) is 24.2. The first-order valence-corrected chi connectivity index (χ1v) is 7.66. The van der Waals surface area contributed by atoms with Gasteiger partial charge in [0.05, 0.1) is 12.1 Å². The molecule has 1 amide bonds. The number of hydrogen-bond donors (Lipinski definition) is 2.